The molecular formula is C16H8F8I2. The summed E-state index contributed by atoms with van der Waals surface area (Å²) in [6.45, 7) is 0. The Bertz CT molecular complexity index is 737. The number of benzene rings is 2. The Balaban J connectivity index is 2.57. The molecule has 0 fully saturated rings. The van der Waals surface area contributed by atoms with Gasteiger partial charge in [-0.2, -0.15) is 35.1 Å². The zero-order valence-electron chi connectivity index (χ0n) is 12.4. The topological polar surface area (TPSA) is 0 Å². The minimum absolute atomic E-state index is 0.0586. The van der Waals surface area contributed by atoms with Crippen LogP contribution in [0.4, 0.5) is 35.1 Å². The normalized spacial score (nSPS) is 13.8. The first-order valence-electron chi connectivity index (χ1n) is 6.78. The zero-order valence-corrected chi connectivity index (χ0v) is 16.7. The lowest BCUT2D eigenvalue weighted by Gasteiger charge is -2.37. The van der Waals surface area contributed by atoms with E-state index in [1.165, 1.54) is 57.3 Å². The first kappa shape index (κ1) is 21.6. The Labute approximate surface area is 170 Å². The second-order valence-electron chi connectivity index (χ2n) is 5.32. The van der Waals surface area contributed by atoms with Crippen LogP contribution in [0, 0.1) is 7.14 Å². The second kappa shape index (κ2) is 7.06. The molecule has 0 spiro atoms. The lowest BCUT2D eigenvalue weighted by Crippen LogP contribution is -2.59. The average Bonchev–Trinajstić information content (AvgIpc) is 2.54. The Morgan fingerprint density at radius 1 is 0.538 bits per heavy atom. The summed E-state index contributed by atoms with van der Waals surface area (Å²) in [6.07, 6.45) is 0. The van der Waals surface area contributed by atoms with Gasteiger partial charge in [-0.15, -0.1) is 0 Å². The van der Waals surface area contributed by atoms with E-state index >= 15 is 0 Å². The third kappa shape index (κ3) is 3.42. The summed E-state index contributed by atoms with van der Waals surface area (Å²) >= 11 is 3.02. The summed E-state index contributed by atoms with van der Waals surface area (Å²) in [5.74, 6) is -23.8. The van der Waals surface area contributed by atoms with Crippen molar-refractivity contribution >= 4 is 45.2 Å². The molecule has 10 heteroatoms. The van der Waals surface area contributed by atoms with Crippen LogP contribution in [0.15, 0.2) is 48.5 Å². The predicted molar refractivity (Wildman–Crippen MR) is 96.0 cm³/mol. The average molecular weight is 606 g/mol. The number of alkyl halides is 8. The number of hydrogen-bond acceptors (Lipinski definition) is 0. The number of hydrogen-bond donors (Lipinski definition) is 0. The Morgan fingerprint density at radius 2 is 0.846 bits per heavy atom. The van der Waals surface area contributed by atoms with Gasteiger partial charge in [0.15, 0.2) is 0 Å². The maximum Gasteiger partial charge on any atom is 0.382 e. The second-order valence-corrected chi connectivity index (χ2v) is 7.81. The van der Waals surface area contributed by atoms with Crippen molar-refractivity contribution in [1.29, 1.82) is 0 Å². The van der Waals surface area contributed by atoms with Gasteiger partial charge < -0.3 is 0 Å². The molecule has 0 saturated heterocycles. The van der Waals surface area contributed by atoms with Crippen LogP contribution in [0.25, 0.3) is 0 Å². The molecule has 0 aromatic heterocycles. The number of halogens is 10. The van der Waals surface area contributed by atoms with Crippen LogP contribution in [-0.2, 0) is 11.8 Å². The highest BCUT2D eigenvalue weighted by Gasteiger charge is 2.81. The maximum absolute atomic E-state index is 14.2. The highest BCUT2D eigenvalue weighted by Crippen LogP contribution is 2.59. The first-order chi connectivity index (χ1) is 11.7. The van der Waals surface area contributed by atoms with Gasteiger partial charge in [-0.1, -0.05) is 24.3 Å². The van der Waals surface area contributed by atoms with E-state index in [1.807, 2.05) is 0 Å². The van der Waals surface area contributed by atoms with Gasteiger partial charge in [-0.25, -0.2) is 0 Å². The molecule has 0 nitrogen and oxygen atoms in total. The molecule has 26 heavy (non-hydrogen) atoms. The summed E-state index contributed by atoms with van der Waals surface area (Å²) in [4.78, 5) is 0. The van der Waals surface area contributed by atoms with Gasteiger partial charge in [0.05, 0.1) is 0 Å². The summed E-state index contributed by atoms with van der Waals surface area (Å²) < 4.78 is 113. The van der Waals surface area contributed by atoms with Crippen molar-refractivity contribution in [3.05, 3.63) is 66.8 Å². The Hall–Kier alpha value is -0.660. The molecule has 0 saturated carbocycles. The van der Waals surface area contributed by atoms with Gasteiger partial charge in [0, 0.05) is 18.3 Å². The number of rotatable bonds is 5. The van der Waals surface area contributed by atoms with Crippen LogP contribution in [0.5, 0.6) is 0 Å². The molecule has 0 aliphatic heterocycles. The van der Waals surface area contributed by atoms with Crippen molar-refractivity contribution in [3.8, 4) is 0 Å². The maximum atomic E-state index is 14.2. The van der Waals surface area contributed by atoms with Crippen molar-refractivity contribution in [2.24, 2.45) is 0 Å². The molecule has 2 aromatic rings. The van der Waals surface area contributed by atoms with Crippen LogP contribution in [0.3, 0.4) is 0 Å². The van der Waals surface area contributed by atoms with Crippen molar-refractivity contribution < 1.29 is 35.1 Å². The van der Waals surface area contributed by atoms with Gasteiger partial charge >= 0.3 is 23.7 Å². The molecule has 0 unspecified atom stereocenters. The van der Waals surface area contributed by atoms with Crippen molar-refractivity contribution in [2.45, 2.75) is 23.7 Å². The zero-order chi connectivity index (χ0) is 20.0. The molecule has 0 aliphatic rings. The summed E-state index contributed by atoms with van der Waals surface area (Å²) in [5, 5.41) is 0. The molecule has 0 atom stereocenters. The van der Waals surface area contributed by atoms with Gasteiger partial charge in [0.2, 0.25) is 0 Å². The largest absolute Gasteiger partial charge is 0.382 e. The van der Waals surface area contributed by atoms with E-state index in [0.717, 1.165) is 12.1 Å². The van der Waals surface area contributed by atoms with Gasteiger partial charge in [0.25, 0.3) is 0 Å². The van der Waals surface area contributed by atoms with Gasteiger partial charge in [0.1, 0.15) is 0 Å². The quantitative estimate of drug-likeness (QED) is 0.253. The SMILES string of the molecule is FC(F)(c1cccc(I)c1)C(F)(F)C(F)(F)C(F)(F)c1cccc(I)c1. The summed E-state index contributed by atoms with van der Waals surface area (Å²) in [6, 6.07) is 6.44. The Morgan fingerprint density at radius 3 is 1.12 bits per heavy atom. The molecule has 0 radical (unpaired) electrons. The minimum atomic E-state index is -6.35. The molecule has 0 bridgehead atoms. The third-order valence-corrected chi connectivity index (χ3v) is 4.90. The predicted octanol–water partition coefficient (Wildman–Crippen LogP) is 7.05. The molecule has 2 rings (SSSR count). The van der Waals surface area contributed by atoms with Gasteiger partial charge in [-0.3, -0.25) is 0 Å². The van der Waals surface area contributed by atoms with E-state index in [-0.39, 0.29) is 7.14 Å². The van der Waals surface area contributed by atoms with Crippen LogP contribution in [-0.4, -0.2) is 11.8 Å². The third-order valence-electron chi connectivity index (χ3n) is 3.56. The van der Waals surface area contributed by atoms with Crippen molar-refractivity contribution in [1.82, 2.24) is 0 Å². The summed E-state index contributed by atoms with van der Waals surface area (Å²) in [7, 11) is 0. The highest BCUT2D eigenvalue weighted by atomic mass is 127. The van der Waals surface area contributed by atoms with Crippen LogP contribution >= 0.6 is 45.2 Å². The molecular weight excluding hydrogens is 598 g/mol. The van der Waals surface area contributed by atoms with Crippen LogP contribution < -0.4 is 0 Å². The lowest BCUT2D eigenvalue weighted by molar-refractivity contribution is -0.374. The van der Waals surface area contributed by atoms with E-state index in [4.69, 9.17) is 0 Å². The van der Waals surface area contributed by atoms with E-state index in [9.17, 15) is 35.1 Å². The van der Waals surface area contributed by atoms with Crippen LogP contribution in [0.1, 0.15) is 11.1 Å². The standard InChI is InChI=1S/C16H8F8I2/c17-13(18,9-3-1-5-11(25)7-9)15(21,22)16(23,24)14(19,20)10-4-2-6-12(26)8-10/h1-8H. The fourth-order valence-corrected chi connectivity index (χ4v) is 3.21. The highest BCUT2D eigenvalue weighted by molar-refractivity contribution is 14.1. The van der Waals surface area contributed by atoms with E-state index in [0.29, 0.717) is 24.3 Å². The lowest BCUT2D eigenvalue weighted by atomic mass is 9.90. The minimum Gasteiger partial charge on any atom is -0.194 e. The fourth-order valence-electron chi connectivity index (χ4n) is 2.12. The fraction of sp³-hybridized carbons (Fsp3) is 0.250. The summed E-state index contributed by atoms with van der Waals surface area (Å²) in [5.41, 5.74) is -2.96. The molecule has 2 aromatic carbocycles. The molecule has 0 amide bonds. The molecule has 0 heterocycles. The van der Waals surface area contributed by atoms with Crippen molar-refractivity contribution in [2.75, 3.05) is 0 Å². The van der Waals surface area contributed by atoms with E-state index in [2.05, 4.69) is 0 Å². The monoisotopic (exact) mass is 606 g/mol. The molecule has 142 valence electrons. The van der Waals surface area contributed by atoms with E-state index < -0.39 is 34.8 Å². The molecule has 0 aliphatic carbocycles. The van der Waals surface area contributed by atoms with E-state index in [1.54, 1.807) is 0 Å². The Kier molecular flexibility index (Phi) is 5.87. The van der Waals surface area contributed by atoms with Crippen molar-refractivity contribution in [3.63, 3.8) is 0 Å². The van der Waals surface area contributed by atoms with Gasteiger partial charge in [-0.05, 0) is 69.4 Å². The molecule has 0 N–H and O–H groups in total. The first-order valence-corrected chi connectivity index (χ1v) is 8.94. The van der Waals surface area contributed by atoms with Crippen LogP contribution in [0.2, 0.25) is 0 Å². The smallest absolute Gasteiger partial charge is 0.194 e.